The third kappa shape index (κ3) is 4.51. The Morgan fingerprint density at radius 3 is 0.750 bits per heavy atom. The molecule has 0 spiro atoms. The van der Waals surface area contributed by atoms with E-state index in [2.05, 4.69) is 0 Å². The summed E-state index contributed by atoms with van der Waals surface area (Å²) in [5.41, 5.74) is -17.1. The van der Waals surface area contributed by atoms with Crippen molar-refractivity contribution in [3.05, 3.63) is 86.5 Å². The summed E-state index contributed by atoms with van der Waals surface area (Å²) in [6, 6.07) is 0. The van der Waals surface area contributed by atoms with E-state index in [-0.39, 0.29) is 6.92 Å². The third-order valence-electron chi connectivity index (χ3n) is 5.54. The smallest absolute Gasteiger partial charge is 0.204 e. The summed E-state index contributed by atoms with van der Waals surface area (Å²) in [6.45, 7) is -3.95. The summed E-state index contributed by atoms with van der Waals surface area (Å²) < 4.78 is 252. The fourth-order valence-electron chi connectivity index (χ4n) is 3.75. The minimum atomic E-state index is -6.29. The van der Waals surface area contributed by atoms with E-state index in [1.807, 2.05) is 0 Å². The first-order valence-electron chi connectivity index (χ1n) is 9.77. The van der Waals surface area contributed by atoms with Gasteiger partial charge >= 0.3 is 12.4 Å². The highest BCUT2D eigenvalue weighted by Gasteiger charge is 2.49. The molecule has 3 aromatic carbocycles. The van der Waals surface area contributed by atoms with E-state index >= 15 is 0 Å². The van der Waals surface area contributed by atoms with Gasteiger partial charge in [-0.05, 0) is 6.92 Å². The average Bonchev–Trinajstić information content (AvgIpc) is 2.82. The highest BCUT2D eigenvalue weighted by atomic mass is 19.4. The highest BCUT2D eigenvalue weighted by molar-refractivity contribution is 6.95. The van der Waals surface area contributed by atoms with E-state index in [4.69, 9.17) is 0 Å². The van der Waals surface area contributed by atoms with Crippen molar-refractivity contribution in [1.29, 1.82) is 0 Å². The molecule has 0 unspecified atom stereocenters. The first kappa shape index (κ1) is 31.0. The number of alkyl halides is 6. The van der Waals surface area contributed by atoms with Crippen molar-refractivity contribution < 1.29 is 79.0 Å². The molecule has 0 fully saturated rings. The van der Waals surface area contributed by atoms with Crippen LogP contribution in [0.2, 0.25) is 0 Å². The normalized spacial score (nSPS) is 12.4. The fourth-order valence-corrected chi connectivity index (χ4v) is 3.75. The summed E-state index contributed by atoms with van der Waals surface area (Å²) in [7, 11) is 0. The number of rotatable bonds is 3. The van der Waals surface area contributed by atoms with Gasteiger partial charge in [0.2, 0.25) is 0 Å². The van der Waals surface area contributed by atoms with Crippen molar-refractivity contribution in [2.24, 2.45) is 0 Å². The molecule has 19 heteroatoms. The third-order valence-corrected chi connectivity index (χ3v) is 5.54. The van der Waals surface area contributed by atoms with Gasteiger partial charge in [0.25, 0.3) is 6.71 Å². The molecule has 0 aliphatic heterocycles. The van der Waals surface area contributed by atoms with Crippen LogP contribution in [0.25, 0.3) is 0 Å². The molecule has 0 atom stereocenters. The molecule has 216 valence electrons. The zero-order chi connectivity index (χ0) is 31.0. The molecule has 0 heterocycles. The highest BCUT2D eigenvalue weighted by Crippen LogP contribution is 2.37. The van der Waals surface area contributed by atoms with Crippen molar-refractivity contribution in [1.82, 2.24) is 0 Å². The van der Waals surface area contributed by atoms with Crippen LogP contribution in [0, 0.1) is 76.7 Å². The summed E-state index contributed by atoms with van der Waals surface area (Å²) in [4.78, 5) is 0. The first-order valence-corrected chi connectivity index (χ1v) is 9.77. The van der Waals surface area contributed by atoms with Crippen LogP contribution >= 0.6 is 0 Å². The molecule has 0 aliphatic carbocycles. The first-order chi connectivity index (χ1) is 18.1. The van der Waals surface area contributed by atoms with Gasteiger partial charge in [0.1, 0.15) is 11.1 Å². The van der Waals surface area contributed by atoms with Crippen LogP contribution in [0.15, 0.2) is 0 Å². The van der Waals surface area contributed by atoms with Crippen LogP contribution in [0.3, 0.4) is 0 Å². The fraction of sp³-hybridized carbons (Fsp3) is 0.143. The monoisotopic (exact) mass is 608 g/mol. The van der Waals surface area contributed by atoms with Gasteiger partial charge in [0, 0.05) is 22.0 Å². The molecule has 0 radical (unpaired) electrons. The van der Waals surface area contributed by atoms with Gasteiger partial charge in [-0.2, -0.15) is 26.3 Å². The van der Waals surface area contributed by atoms with Crippen LogP contribution in [0.4, 0.5) is 79.0 Å². The van der Waals surface area contributed by atoms with Crippen LogP contribution in [-0.2, 0) is 12.4 Å². The second-order valence-electron chi connectivity index (χ2n) is 7.81. The predicted molar refractivity (Wildman–Crippen MR) is 98.2 cm³/mol. The van der Waals surface area contributed by atoms with E-state index in [9.17, 15) is 79.0 Å². The Bertz CT molecular complexity index is 1380. The minimum absolute atomic E-state index is 0.285. The van der Waals surface area contributed by atoms with Crippen molar-refractivity contribution in [3.63, 3.8) is 0 Å². The second-order valence-corrected chi connectivity index (χ2v) is 7.81. The van der Waals surface area contributed by atoms with Crippen LogP contribution < -0.4 is 16.4 Å². The van der Waals surface area contributed by atoms with Gasteiger partial charge in [-0.25, -0.2) is 52.7 Å². The molecule has 0 nitrogen and oxygen atoms in total. The number of hydrogen-bond donors (Lipinski definition) is 0. The number of benzene rings is 3. The van der Waals surface area contributed by atoms with Crippen LogP contribution in [0.1, 0.15) is 16.7 Å². The SMILES string of the molecule is Cc1c(F)c(F)c(B(c2c(F)c(F)c(C(F)(F)F)c(F)c2F)c2c(F)c(F)c(C(F)(F)F)c(F)c2F)c(F)c1F. The van der Waals surface area contributed by atoms with Crippen molar-refractivity contribution in [3.8, 4) is 0 Å². The van der Waals surface area contributed by atoms with Gasteiger partial charge in [0.15, 0.2) is 69.8 Å². The Balaban J connectivity index is 2.71. The van der Waals surface area contributed by atoms with Crippen molar-refractivity contribution >= 4 is 23.1 Å². The molecule has 0 bridgehead atoms. The molecule has 0 aliphatic rings. The van der Waals surface area contributed by atoms with E-state index in [0.717, 1.165) is 0 Å². The molecule has 0 saturated carbocycles. The summed E-state index contributed by atoms with van der Waals surface area (Å²) in [5.74, 6) is -38.6. The van der Waals surface area contributed by atoms with Crippen molar-refractivity contribution in [2.45, 2.75) is 19.3 Å². The molecule has 0 N–H and O–H groups in total. The minimum Gasteiger partial charge on any atom is -0.204 e. The second kappa shape index (κ2) is 9.83. The molecule has 3 aromatic rings. The standard InChI is InChI=1S/C21H3BF18/c1-2-8(23)14(29)5(15(30)9(2)24)22(6-16(31)10(25)3(20(35,36)37)11(26)17(6)32)7-18(33)12(27)4(21(38,39)40)13(28)19(7)34/h1H3. The molecular weight excluding hydrogens is 605 g/mol. The summed E-state index contributed by atoms with van der Waals surface area (Å²) in [5, 5.41) is 0. The molecular formula is C21H3BF18. The Kier molecular flexibility index (Phi) is 7.62. The van der Waals surface area contributed by atoms with Gasteiger partial charge in [-0.1, -0.05) is 0 Å². The summed E-state index contributed by atoms with van der Waals surface area (Å²) in [6.07, 6.45) is -12.6. The zero-order valence-corrected chi connectivity index (χ0v) is 18.4. The van der Waals surface area contributed by atoms with E-state index < -0.39 is 122 Å². The molecule has 40 heavy (non-hydrogen) atoms. The lowest BCUT2D eigenvalue weighted by molar-refractivity contribution is -0.144. The molecule has 0 amide bonds. The van der Waals surface area contributed by atoms with Gasteiger partial charge in [-0.3, -0.25) is 0 Å². The van der Waals surface area contributed by atoms with Gasteiger partial charge < -0.3 is 0 Å². The number of hydrogen-bond acceptors (Lipinski definition) is 0. The lowest BCUT2D eigenvalue weighted by Crippen LogP contribution is -2.60. The van der Waals surface area contributed by atoms with Crippen molar-refractivity contribution in [2.75, 3.05) is 0 Å². The number of halogens is 18. The van der Waals surface area contributed by atoms with E-state index in [1.54, 1.807) is 0 Å². The Hall–Kier alpha value is -3.54. The van der Waals surface area contributed by atoms with Gasteiger partial charge in [-0.15, -0.1) is 0 Å². The maximum Gasteiger partial charge on any atom is 0.422 e. The Labute approximate surface area is 208 Å². The molecule has 0 aromatic heterocycles. The largest absolute Gasteiger partial charge is 0.422 e. The Morgan fingerprint density at radius 1 is 0.350 bits per heavy atom. The lowest BCUT2D eigenvalue weighted by atomic mass is 9.35. The quantitative estimate of drug-likeness (QED) is 0.189. The van der Waals surface area contributed by atoms with Gasteiger partial charge in [0.05, 0.1) is 0 Å². The predicted octanol–water partition coefficient (Wildman–Crippen LogP) is 6.22. The summed E-state index contributed by atoms with van der Waals surface area (Å²) >= 11 is 0. The lowest BCUT2D eigenvalue weighted by Gasteiger charge is -2.23. The maximum absolute atomic E-state index is 14.8. The zero-order valence-electron chi connectivity index (χ0n) is 18.4. The average molecular weight is 608 g/mol. The van der Waals surface area contributed by atoms with Crippen LogP contribution in [0.5, 0.6) is 0 Å². The van der Waals surface area contributed by atoms with E-state index in [1.165, 1.54) is 0 Å². The topological polar surface area (TPSA) is 0 Å². The van der Waals surface area contributed by atoms with Crippen LogP contribution in [-0.4, -0.2) is 6.71 Å². The molecule has 3 rings (SSSR count). The van der Waals surface area contributed by atoms with E-state index in [0.29, 0.717) is 0 Å². The molecule has 0 saturated heterocycles. The Morgan fingerprint density at radius 2 is 0.550 bits per heavy atom. The maximum atomic E-state index is 14.8.